The van der Waals surface area contributed by atoms with Gasteiger partial charge in [-0.3, -0.25) is 4.79 Å². The number of amides is 1. The lowest BCUT2D eigenvalue weighted by Gasteiger charge is -2.12. The van der Waals surface area contributed by atoms with Gasteiger partial charge in [0.15, 0.2) is 9.84 Å². The van der Waals surface area contributed by atoms with E-state index in [1.54, 1.807) is 12.1 Å². The van der Waals surface area contributed by atoms with Crippen molar-refractivity contribution in [1.82, 2.24) is 10.6 Å². The molecule has 6 heteroatoms. The summed E-state index contributed by atoms with van der Waals surface area (Å²) in [5.74, 6) is 0.0560. The first kappa shape index (κ1) is 15.7. The van der Waals surface area contributed by atoms with Gasteiger partial charge in [-0.1, -0.05) is 13.0 Å². The lowest BCUT2D eigenvalue weighted by atomic mass is 10.1. The molecule has 1 aromatic carbocycles. The van der Waals surface area contributed by atoms with Gasteiger partial charge in [-0.05, 0) is 37.7 Å². The zero-order valence-corrected chi connectivity index (χ0v) is 12.3. The summed E-state index contributed by atoms with van der Waals surface area (Å²) in [6.07, 6.45) is 1.12. The first-order chi connectivity index (χ1) is 8.84. The zero-order valence-electron chi connectivity index (χ0n) is 11.4. The van der Waals surface area contributed by atoms with E-state index < -0.39 is 9.84 Å². The monoisotopic (exact) mass is 284 g/mol. The molecule has 0 bridgehead atoms. The second kappa shape index (κ2) is 6.68. The Labute approximate surface area is 114 Å². The molecular weight excluding hydrogens is 264 g/mol. The van der Waals surface area contributed by atoms with E-state index in [9.17, 15) is 13.2 Å². The SMILES string of the molecule is CNCC(C)CNC(=O)c1cccc(S(C)(=O)=O)c1. The highest BCUT2D eigenvalue weighted by Crippen LogP contribution is 2.11. The third-order valence-corrected chi connectivity index (χ3v) is 3.80. The van der Waals surface area contributed by atoms with E-state index in [1.165, 1.54) is 12.1 Å². The Morgan fingerprint density at radius 2 is 2.00 bits per heavy atom. The minimum absolute atomic E-state index is 0.156. The molecule has 0 radical (unpaired) electrons. The molecule has 0 saturated carbocycles. The number of nitrogens with one attached hydrogen (secondary N) is 2. The Hall–Kier alpha value is -1.40. The average molecular weight is 284 g/mol. The van der Waals surface area contributed by atoms with Crippen molar-refractivity contribution in [2.45, 2.75) is 11.8 Å². The van der Waals surface area contributed by atoms with Crippen LogP contribution in [0.4, 0.5) is 0 Å². The van der Waals surface area contributed by atoms with E-state index in [0.717, 1.165) is 12.8 Å². The van der Waals surface area contributed by atoms with Gasteiger partial charge in [0.1, 0.15) is 0 Å². The van der Waals surface area contributed by atoms with Crippen LogP contribution in [-0.4, -0.2) is 40.7 Å². The van der Waals surface area contributed by atoms with Crippen molar-refractivity contribution in [1.29, 1.82) is 0 Å². The Morgan fingerprint density at radius 3 is 2.58 bits per heavy atom. The van der Waals surface area contributed by atoms with Gasteiger partial charge < -0.3 is 10.6 Å². The molecule has 1 aromatic rings. The summed E-state index contributed by atoms with van der Waals surface area (Å²) in [6.45, 7) is 3.37. The molecule has 0 aromatic heterocycles. The number of hydrogen-bond acceptors (Lipinski definition) is 4. The molecule has 1 rings (SSSR count). The summed E-state index contributed by atoms with van der Waals surface area (Å²) in [6, 6.07) is 6.05. The van der Waals surface area contributed by atoms with E-state index in [4.69, 9.17) is 0 Å². The van der Waals surface area contributed by atoms with E-state index >= 15 is 0 Å². The van der Waals surface area contributed by atoms with Crippen LogP contribution >= 0.6 is 0 Å². The van der Waals surface area contributed by atoms with E-state index in [-0.39, 0.29) is 10.8 Å². The van der Waals surface area contributed by atoms with Crippen LogP contribution in [-0.2, 0) is 9.84 Å². The minimum Gasteiger partial charge on any atom is -0.352 e. The van der Waals surface area contributed by atoms with Crippen LogP contribution in [0.3, 0.4) is 0 Å². The Kier molecular flexibility index (Phi) is 5.50. The van der Waals surface area contributed by atoms with Gasteiger partial charge in [0.25, 0.3) is 5.91 Å². The van der Waals surface area contributed by atoms with Crippen molar-refractivity contribution in [3.63, 3.8) is 0 Å². The van der Waals surface area contributed by atoms with Crippen LogP contribution in [0.25, 0.3) is 0 Å². The predicted molar refractivity (Wildman–Crippen MR) is 75.0 cm³/mol. The predicted octanol–water partition coefficient (Wildman–Crippen LogP) is 0.675. The highest BCUT2D eigenvalue weighted by molar-refractivity contribution is 7.90. The smallest absolute Gasteiger partial charge is 0.251 e. The zero-order chi connectivity index (χ0) is 14.5. The van der Waals surface area contributed by atoms with Gasteiger partial charge in [0.05, 0.1) is 4.90 Å². The standard InChI is InChI=1S/C13H20N2O3S/c1-10(8-14-2)9-15-13(16)11-5-4-6-12(7-11)19(3,17)18/h4-7,10,14H,8-9H2,1-3H3,(H,15,16). The second-order valence-corrected chi connectivity index (χ2v) is 6.69. The van der Waals surface area contributed by atoms with E-state index in [0.29, 0.717) is 18.0 Å². The van der Waals surface area contributed by atoms with Gasteiger partial charge in [-0.25, -0.2) is 8.42 Å². The summed E-state index contributed by atoms with van der Waals surface area (Å²) in [7, 11) is -1.43. The summed E-state index contributed by atoms with van der Waals surface area (Å²) < 4.78 is 22.8. The minimum atomic E-state index is -3.29. The maximum atomic E-state index is 11.9. The highest BCUT2D eigenvalue weighted by Gasteiger charge is 2.12. The molecule has 0 aliphatic heterocycles. The van der Waals surface area contributed by atoms with Crippen molar-refractivity contribution >= 4 is 15.7 Å². The fourth-order valence-corrected chi connectivity index (χ4v) is 2.32. The molecule has 0 fully saturated rings. The molecule has 2 N–H and O–H groups in total. The van der Waals surface area contributed by atoms with Gasteiger partial charge in [-0.2, -0.15) is 0 Å². The molecule has 0 spiro atoms. The molecule has 19 heavy (non-hydrogen) atoms. The van der Waals surface area contributed by atoms with E-state index in [2.05, 4.69) is 10.6 Å². The van der Waals surface area contributed by atoms with Crippen LogP contribution in [0.1, 0.15) is 17.3 Å². The number of benzene rings is 1. The highest BCUT2D eigenvalue weighted by atomic mass is 32.2. The number of carbonyl (C=O) groups excluding carboxylic acids is 1. The fraction of sp³-hybridized carbons (Fsp3) is 0.462. The Morgan fingerprint density at radius 1 is 1.32 bits per heavy atom. The van der Waals surface area contributed by atoms with Crippen molar-refractivity contribution in [2.24, 2.45) is 5.92 Å². The number of rotatable bonds is 6. The average Bonchev–Trinajstić information content (AvgIpc) is 2.35. The molecule has 1 atom stereocenters. The van der Waals surface area contributed by atoms with Gasteiger partial charge in [0, 0.05) is 18.4 Å². The Balaban J connectivity index is 2.73. The quantitative estimate of drug-likeness (QED) is 0.805. The molecule has 5 nitrogen and oxygen atoms in total. The summed E-state index contributed by atoms with van der Waals surface area (Å²) in [5.41, 5.74) is 0.361. The summed E-state index contributed by atoms with van der Waals surface area (Å²) in [4.78, 5) is 12.1. The molecular formula is C13H20N2O3S. The topological polar surface area (TPSA) is 75.3 Å². The molecule has 1 unspecified atom stereocenters. The maximum absolute atomic E-state index is 11.9. The molecule has 106 valence electrons. The largest absolute Gasteiger partial charge is 0.352 e. The van der Waals surface area contributed by atoms with Crippen LogP contribution in [0.15, 0.2) is 29.2 Å². The molecule has 0 aliphatic rings. The molecule has 0 aliphatic carbocycles. The van der Waals surface area contributed by atoms with Crippen molar-refractivity contribution in [3.05, 3.63) is 29.8 Å². The third-order valence-electron chi connectivity index (χ3n) is 2.69. The second-order valence-electron chi connectivity index (χ2n) is 4.67. The molecule has 1 amide bonds. The summed E-state index contributed by atoms with van der Waals surface area (Å²) in [5, 5.41) is 5.82. The summed E-state index contributed by atoms with van der Waals surface area (Å²) >= 11 is 0. The van der Waals surface area contributed by atoms with Crippen LogP contribution in [0, 0.1) is 5.92 Å². The van der Waals surface area contributed by atoms with Crippen LogP contribution < -0.4 is 10.6 Å². The van der Waals surface area contributed by atoms with Crippen LogP contribution in [0.5, 0.6) is 0 Å². The van der Waals surface area contributed by atoms with Gasteiger partial charge in [0.2, 0.25) is 0 Å². The van der Waals surface area contributed by atoms with Gasteiger partial charge >= 0.3 is 0 Å². The first-order valence-corrected chi connectivity index (χ1v) is 7.96. The third kappa shape index (κ3) is 5.00. The van der Waals surface area contributed by atoms with Crippen LogP contribution in [0.2, 0.25) is 0 Å². The van der Waals surface area contributed by atoms with E-state index in [1.807, 2.05) is 14.0 Å². The lowest BCUT2D eigenvalue weighted by Crippen LogP contribution is -2.32. The number of hydrogen-bond donors (Lipinski definition) is 2. The van der Waals surface area contributed by atoms with Gasteiger partial charge in [-0.15, -0.1) is 0 Å². The Bertz CT molecular complexity index is 541. The normalized spacial score (nSPS) is 13.0. The number of carbonyl (C=O) groups is 1. The first-order valence-electron chi connectivity index (χ1n) is 6.07. The van der Waals surface area contributed by atoms with Crippen molar-refractivity contribution < 1.29 is 13.2 Å². The fourth-order valence-electron chi connectivity index (χ4n) is 1.66. The molecule has 0 heterocycles. The van der Waals surface area contributed by atoms with Crippen molar-refractivity contribution in [3.8, 4) is 0 Å². The van der Waals surface area contributed by atoms with Crippen molar-refractivity contribution in [2.75, 3.05) is 26.4 Å². The maximum Gasteiger partial charge on any atom is 0.251 e. The molecule has 0 saturated heterocycles. The lowest BCUT2D eigenvalue weighted by molar-refractivity contribution is 0.0948. The number of sulfone groups is 1.